The molecule has 0 saturated carbocycles. The predicted molar refractivity (Wildman–Crippen MR) is 97.5 cm³/mol. The Morgan fingerprint density at radius 3 is 1.32 bits per heavy atom. The molecule has 0 aromatic heterocycles. The average molecular weight is 294 g/mol. The molecule has 22 heavy (non-hydrogen) atoms. The van der Waals surface area contributed by atoms with E-state index in [0.717, 1.165) is 48.7 Å². The van der Waals surface area contributed by atoms with Gasteiger partial charge in [0.05, 0.1) is 11.4 Å². The van der Waals surface area contributed by atoms with Gasteiger partial charge in [0.25, 0.3) is 0 Å². The van der Waals surface area contributed by atoms with Crippen LogP contribution in [-0.4, -0.2) is 26.5 Å². The first kappa shape index (κ1) is 15.8. The quantitative estimate of drug-likeness (QED) is 0.522. The summed E-state index contributed by atoms with van der Waals surface area (Å²) in [5.41, 5.74) is 4.03. The molecule has 0 bridgehead atoms. The SMILES string of the molecule is C=Nc1ccc(NCCCCNc2ccc(N=C)cc2)cc1. The number of rotatable bonds is 9. The van der Waals surface area contributed by atoms with Crippen LogP contribution in [0.15, 0.2) is 58.5 Å². The summed E-state index contributed by atoms with van der Waals surface area (Å²) in [6.45, 7) is 8.93. The van der Waals surface area contributed by atoms with Crippen LogP contribution < -0.4 is 10.6 Å². The van der Waals surface area contributed by atoms with Crippen LogP contribution in [0.4, 0.5) is 22.7 Å². The monoisotopic (exact) mass is 294 g/mol. The first-order valence-corrected chi connectivity index (χ1v) is 7.43. The number of unbranched alkanes of at least 4 members (excludes halogenated alkanes) is 1. The van der Waals surface area contributed by atoms with E-state index in [0.29, 0.717) is 0 Å². The normalized spacial score (nSPS) is 10.0. The number of aliphatic imine (C=N–C) groups is 2. The number of hydrogen-bond acceptors (Lipinski definition) is 4. The van der Waals surface area contributed by atoms with Crippen LogP contribution in [0, 0.1) is 0 Å². The van der Waals surface area contributed by atoms with E-state index in [1.54, 1.807) is 0 Å². The van der Waals surface area contributed by atoms with Crippen LogP contribution >= 0.6 is 0 Å². The molecule has 0 unspecified atom stereocenters. The molecule has 114 valence electrons. The zero-order valence-corrected chi connectivity index (χ0v) is 12.8. The average Bonchev–Trinajstić information content (AvgIpc) is 2.59. The third-order valence-electron chi connectivity index (χ3n) is 3.36. The Morgan fingerprint density at radius 2 is 1.00 bits per heavy atom. The minimum absolute atomic E-state index is 0.896. The second-order valence-electron chi connectivity index (χ2n) is 4.97. The van der Waals surface area contributed by atoms with E-state index < -0.39 is 0 Å². The lowest BCUT2D eigenvalue weighted by Gasteiger charge is -2.08. The summed E-state index contributed by atoms with van der Waals surface area (Å²) in [5, 5.41) is 6.80. The topological polar surface area (TPSA) is 48.8 Å². The Hall–Kier alpha value is -2.62. The molecule has 0 aliphatic heterocycles. The minimum Gasteiger partial charge on any atom is -0.385 e. The third-order valence-corrected chi connectivity index (χ3v) is 3.36. The van der Waals surface area contributed by atoms with E-state index >= 15 is 0 Å². The van der Waals surface area contributed by atoms with Crippen LogP contribution in [0.2, 0.25) is 0 Å². The van der Waals surface area contributed by atoms with Crippen LogP contribution in [0.1, 0.15) is 12.8 Å². The molecule has 4 heteroatoms. The van der Waals surface area contributed by atoms with Gasteiger partial charge in [0.2, 0.25) is 0 Å². The maximum absolute atomic E-state index is 3.88. The molecule has 0 saturated heterocycles. The van der Waals surface area contributed by atoms with Crippen molar-refractivity contribution >= 4 is 36.2 Å². The van der Waals surface area contributed by atoms with Gasteiger partial charge in [-0.15, -0.1) is 0 Å². The summed E-state index contributed by atoms with van der Waals surface area (Å²) in [6, 6.07) is 15.9. The van der Waals surface area contributed by atoms with Crippen LogP contribution in [0.25, 0.3) is 0 Å². The van der Waals surface area contributed by atoms with E-state index in [1.165, 1.54) is 0 Å². The van der Waals surface area contributed by atoms with E-state index in [9.17, 15) is 0 Å². The zero-order chi connectivity index (χ0) is 15.6. The van der Waals surface area contributed by atoms with Crippen LogP contribution in [0.3, 0.4) is 0 Å². The summed E-state index contributed by atoms with van der Waals surface area (Å²) in [4.78, 5) is 7.75. The standard InChI is InChI=1S/C18H22N4/c1-19-15-5-9-17(10-6-15)21-13-3-4-14-22-18-11-7-16(20-2)8-12-18/h5-12,21-22H,1-4,13-14H2. The molecular formula is C18H22N4. The fourth-order valence-corrected chi connectivity index (χ4v) is 2.08. The van der Waals surface area contributed by atoms with Gasteiger partial charge in [-0.1, -0.05) is 0 Å². The van der Waals surface area contributed by atoms with Gasteiger partial charge in [-0.3, -0.25) is 9.98 Å². The molecule has 2 aromatic carbocycles. The molecule has 0 atom stereocenters. The van der Waals surface area contributed by atoms with Crippen molar-refractivity contribution < 1.29 is 0 Å². The Balaban J connectivity index is 1.60. The van der Waals surface area contributed by atoms with Gasteiger partial charge in [-0.2, -0.15) is 0 Å². The molecule has 4 nitrogen and oxygen atoms in total. The summed E-state index contributed by atoms with van der Waals surface area (Å²) in [6.07, 6.45) is 2.22. The maximum atomic E-state index is 3.88. The van der Waals surface area contributed by atoms with Gasteiger partial charge in [0.1, 0.15) is 0 Å². The van der Waals surface area contributed by atoms with Gasteiger partial charge >= 0.3 is 0 Å². The molecule has 0 aliphatic rings. The molecule has 2 N–H and O–H groups in total. The molecule has 0 amide bonds. The summed E-state index contributed by atoms with van der Waals surface area (Å²) >= 11 is 0. The maximum Gasteiger partial charge on any atom is 0.0623 e. The van der Waals surface area contributed by atoms with Crippen molar-refractivity contribution in [2.24, 2.45) is 9.98 Å². The van der Waals surface area contributed by atoms with Gasteiger partial charge in [-0.25, -0.2) is 0 Å². The highest BCUT2D eigenvalue weighted by molar-refractivity contribution is 5.54. The summed E-state index contributed by atoms with van der Waals surface area (Å²) < 4.78 is 0. The van der Waals surface area contributed by atoms with E-state index in [2.05, 4.69) is 34.1 Å². The van der Waals surface area contributed by atoms with Crippen molar-refractivity contribution in [3.8, 4) is 0 Å². The summed E-state index contributed by atoms with van der Waals surface area (Å²) in [5.74, 6) is 0. The fourth-order valence-electron chi connectivity index (χ4n) is 2.08. The van der Waals surface area contributed by atoms with Crippen molar-refractivity contribution in [1.82, 2.24) is 0 Å². The summed E-state index contributed by atoms with van der Waals surface area (Å²) in [7, 11) is 0. The van der Waals surface area contributed by atoms with Gasteiger partial charge in [0, 0.05) is 24.5 Å². The highest BCUT2D eigenvalue weighted by Crippen LogP contribution is 2.16. The molecule has 0 heterocycles. The molecule has 0 radical (unpaired) electrons. The number of anilines is 2. The second kappa shape index (κ2) is 8.62. The largest absolute Gasteiger partial charge is 0.385 e. The lowest BCUT2D eigenvalue weighted by molar-refractivity contribution is 0.796. The molecular weight excluding hydrogens is 272 g/mol. The Morgan fingerprint density at radius 1 is 0.636 bits per heavy atom. The molecule has 2 aromatic rings. The Bertz CT molecular complexity index is 532. The Kier molecular flexibility index (Phi) is 6.18. The van der Waals surface area contributed by atoms with E-state index in [-0.39, 0.29) is 0 Å². The van der Waals surface area contributed by atoms with Gasteiger partial charge in [0.15, 0.2) is 0 Å². The zero-order valence-electron chi connectivity index (χ0n) is 12.8. The first-order chi connectivity index (χ1) is 10.8. The highest BCUT2D eigenvalue weighted by Gasteiger charge is 1.94. The highest BCUT2D eigenvalue weighted by atomic mass is 14.9. The lowest BCUT2D eigenvalue weighted by atomic mass is 10.2. The molecule has 0 spiro atoms. The van der Waals surface area contributed by atoms with Crippen molar-refractivity contribution in [3.05, 3.63) is 48.5 Å². The number of hydrogen-bond donors (Lipinski definition) is 2. The number of nitrogens with one attached hydrogen (secondary N) is 2. The predicted octanol–water partition coefficient (Wildman–Crippen LogP) is 4.66. The van der Waals surface area contributed by atoms with E-state index in [1.807, 2.05) is 48.5 Å². The molecule has 2 rings (SSSR count). The Labute approximate surface area is 132 Å². The van der Waals surface area contributed by atoms with Crippen molar-refractivity contribution in [2.45, 2.75) is 12.8 Å². The minimum atomic E-state index is 0.896. The molecule has 0 fully saturated rings. The van der Waals surface area contributed by atoms with Gasteiger partial charge < -0.3 is 10.6 Å². The van der Waals surface area contributed by atoms with Gasteiger partial charge in [-0.05, 0) is 74.8 Å². The molecule has 0 aliphatic carbocycles. The van der Waals surface area contributed by atoms with Crippen LogP contribution in [0.5, 0.6) is 0 Å². The fraction of sp³-hybridized carbons (Fsp3) is 0.222. The van der Waals surface area contributed by atoms with Crippen molar-refractivity contribution in [3.63, 3.8) is 0 Å². The lowest BCUT2D eigenvalue weighted by Crippen LogP contribution is -2.06. The third kappa shape index (κ3) is 5.05. The number of benzene rings is 2. The van der Waals surface area contributed by atoms with Crippen molar-refractivity contribution in [1.29, 1.82) is 0 Å². The van der Waals surface area contributed by atoms with Crippen molar-refractivity contribution in [2.75, 3.05) is 23.7 Å². The second-order valence-corrected chi connectivity index (χ2v) is 4.97. The smallest absolute Gasteiger partial charge is 0.0623 e. The van der Waals surface area contributed by atoms with Crippen LogP contribution in [-0.2, 0) is 0 Å². The first-order valence-electron chi connectivity index (χ1n) is 7.43. The number of nitrogens with zero attached hydrogens (tertiary/aromatic N) is 2. The van der Waals surface area contributed by atoms with E-state index in [4.69, 9.17) is 0 Å².